The number of thioether (sulfide) groups is 1. The van der Waals surface area contributed by atoms with Crippen LogP contribution in [0.3, 0.4) is 0 Å². The molecule has 0 saturated carbocycles. The molecule has 2 heterocycles. The number of amides is 1. The smallest absolute Gasteiger partial charge is 0.248 e. The highest BCUT2D eigenvalue weighted by Gasteiger charge is 2.33. The van der Waals surface area contributed by atoms with Crippen molar-refractivity contribution in [2.24, 2.45) is 5.73 Å². The van der Waals surface area contributed by atoms with Crippen LogP contribution in [0.1, 0.15) is 57.4 Å². The van der Waals surface area contributed by atoms with Crippen molar-refractivity contribution in [2.45, 2.75) is 57.8 Å². The van der Waals surface area contributed by atoms with E-state index in [1.54, 1.807) is 11.8 Å². The molecule has 9 heteroatoms. The van der Waals surface area contributed by atoms with Crippen molar-refractivity contribution in [2.75, 3.05) is 18.2 Å². The van der Waals surface area contributed by atoms with Crippen LogP contribution in [0.25, 0.3) is 0 Å². The lowest BCUT2D eigenvalue weighted by atomic mass is 9.87. The first-order valence-corrected chi connectivity index (χ1v) is 12.9. The molecule has 1 unspecified atom stereocenters. The van der Waals surface area contributed by atoms with Gasteiger partial charge in [-0.15, -0.1) is 5.10 Å². The van der Waals surface area contributed by atoms with Gasteiger partial charge in [0, 0.05) is 5.70 Å². The van der Waals surface area contributed by atoms with E-state index >= 15 is 0 Å². The summed E-state index contributed by atoms with van der Waals surface area (Å²) in [5.74, 6) is 2.05. The maximum absolute atomic E-state index is 12.5. The van der Waals surface area contributed by atoms with E-state index in [2.05, 4.69) is 60.4 Å². The number of carbonyl (C=O) groups excluding carboxylic acids is 1. The molecule has 1 aliphatic rings. The van der Waals surface area contributed by atoms with Gasteiger partial charge in [0.05, 0.1) is 12.7 Å². The monoisotopic (exact) mass is 507 g/mol. The zero-order chi connectivity index (χ0) is 26.0. The summed E-state index contributed by atoms with van der Waals surface area (Å²) in [6, 6.07) is 13.5. The minimum Gasteiger partial charge on any atom is -0.493 e. The molecule has 3 N–H and O–H groups in total. The van der Waals surface area contributed by atoms with Gasteiger partial charge in [0.2, 0.25) is 17.0 Å². The summed E-state index contributed by atoms with van der Waals surface area (Å²) in [7, 11) is 1.60. The van der Waals surface area contributed by atoms with E-state index in [9.17, 15) is 4.79 Å². The van der Waals surface area contributed by atoms with Gasteiger partial charge in [-0.1, -0.05) is 69.8 Å². The number of methoxy groups -OCH3 is 1. The highest BCUT2D eigenvalue weighted by molar-refractivity contribution is 7.99. The lowest BCUT2D eigenvalue weighted by molar-refractivity contribution is -0.115. The Bertz CT molecular complexity index is 1290. The topological polar surface area (TPSA) is 104 Å². The molecule has 8 nitrogen and oxygen atoms in total. The van der Waals surface area contributed by atoms with Gasteiger partial charge < -0.3 is 20.5 Å². The second-order valence-electron chi connectivity index (χ2n) is 9.67. The van der Waals surface area contributed by atoms with Crippen molar-refractivity contribution >= 4 is 23.6 Å². The van der Waals surface area contributed by atoms with Crippen LogP contribution in [0.5, 0.6) is 11.5 Å². The first-order chi connectivity index (χ1) is 17.1. The van der Waals surface area contributed by atoms with Gasteiger partial charge in [-0.05, 0) is 46.9 Å². The number of primary amides is 1. The number of hydrogen-bond acceptors (Lipinski definition) is 7. The molecule has 2 aromatic carbocycles. The SMILES string of the molecule is CCSc1nc2n(n1)C(c1ccc(OCc3ccc(C(C)(C)C)cc3)c(OC)c1)C(C(N)=O)=C(C)N2. The molecule has 1 amide bonds. The number of fused-ring (bicyclic) bond motifs is 1. The third kappa shape index (κ3) is 5.21. The Hall–Kier alpha value is -3.46. The van der Waals surface area contributed by atoms with E-state index < -0.39 is 11.9 Å². The number of rotatable bonds is 8. The Balaban J connectivity index is 1.63. The number of hydrogen-bond donors (Lipinski definition) is 2. The lowest BCUT2D eigenvalue weighted by Crippen LogP contribution is -2.31. The summed E-state index contributed by atoms with van der Waals surface area (Å²) < 4.78 is 13.5. The first kappa shape index (κ1) is 25.6. The zero-order valence-electron chi connectivity index (χ0n) is 21.6. The fourth-order valence-electron chi connectivity index (χ4n) is 4.18. The predicted molar refractivity (Wildman–Crippen MR) is 143 cm³/mol. The molecule has 1 atom stereocenters. The average molecular weight is 508 g/mol. The fourth-order valence-corrected chi connectivity index (χ4v) is 4.74. The van der Waals surface area contributed by atoms with Crippen LogP contribution in [0, 0.1) is 0 Å². The maximum atomic E-state index is 12.5. The molecule has 1 aromatic heterocycles. The van der Waals surface area contributed by atoms with Gasteiger partial charge in [-0.25, -0.2) is 4.68 Å². The maximum Gasteiger partial charge on any atom is 0.248 e. The van der Waals surface area contributed by atoms with Crippen molar-refractivity contribution in [3.63, 3.8) is 0 Å². The van der Waals surface area contributed by atoms with E-state index in [4.69, 9.17) is 15.2 Å². The van der Waals surface area contributed by atoms with Gasteiger partial charge in [-0.2, -0.15) is 4.98 Å². The number of anilines is 1. The highest BCUT2D eigenvalue weighted by Crippen LogP contribution is 2.39. The Morgan fingerprint density at radius 3 is 2.50 bits per heavy atom. The molecule has 4 rings (SSSR count). The molecular formula is C27H33N5O3S. The van der Waals surface area contributed by atoms with Crippen molar-refractivity contribution in [1.82, 2.24) is 14.8 Å². The summed E-state index contributed by atoms with van der Waals surface area (Å²) in [5, 5.41) is 8.43. The Morgan fingerprint density at radius 2 is 1.89 bits per heavy atom. The number of benzene rings is 2. The summed E-state index contributed by atoms with van der Waals surface area (Å²) in [6.45, 7) is 10.8. The van der Waals surface area contributed by atoms with Gasteiger partial charge in [0.1, 0.15) is 12.6 Å². The van der Waals surface area contributed by atoms with Crippen LogP contribution in [0.2, 0.25) is 0 Å². The molecule has 36 heavy (non-hydrogen) atoms. The number of ether oxygens (including phenoxy) is 2. The lowest BCUT2D eigenvalue weighted by Gasteiger charge is -2.28. The summed E-state index contributed by atoms with van der Waals surface area (Å²) in [5.41, 5.74) is 10.1. The zero-order valence-corrected chi connectivity index (χ0v) is 22.4. The molecule has 0 radical (unpaired) electrons. The van der Waals surface area contributed by atoms with Gasteiger partial charge in [0.15, 0.2) is 11.5 Å². The first-order valence-electron chi connectivity index (χ1n) is 11.9. The van der Waals surface area contributed by atoms with Crippen LogP contribution < -0.4 is 20.5 Å². The number of carbonyl (C=O) groups is 1. The molecule has 0 spiro atoms. The average Bonchev–Trinajstić information content (AvgIpc) is 3.23. The molecule has 190 valence electrons. The van der Waals surface area contributed by atoms with E-state index in [-0.39, 0.29) is 5.41 Å². The van der Waals surface area contributed by atoms with Crippen LogP contribution in [0.4, 0.5) is 5.95 Å². The van der Waals surface area contributed by atoms with Crippen LogP contribution in [-0.2, 0) is 16.8 Å². The number of nitrogens with one attached hydrogen (secondary N) is 1. The molecule has 0 bridgehead atoms. The summed E-state index contributed by atoms with van der Waals surface area (Å²) in [4.78, 5) is 17.0. The molecule has 1 aliphatic heterocycles. The minimum atomic E-state index is -0.537. The van der Waals surface area contributed by atoms with Crippen LogP contribution >= 0.6 is 11.8 Å². The largest absolute Gasteiger partial charge is 0.493 e. The Morgan fingerprint density at radius 1 is 1.17 bits per heavy atom. The highest BCUT2D eigenvalue weighted by atomic mass is 32.2. The van der Waals surface area contributed by atoms with E-state index in [1.807, 2.05) is 32.0 Å². The quantitative estimate of drug-likeness (QED) is 0.411. The normalized spacial score (nSPS) is 15.3. The number of aromatic nitrogens is 3. The molecule has 0 saturated heterocycles. The number of nitrogens with two attached hydrogens (primary N) is 1. The van der Waals surface area contributed by atoms with Gasteiger partial charge in [-0.3, -0.25) is 4.79 Å². The van der Waals surface area contributed by atoms with Crippen molar-refractivity contribution < 1.29 is 14.3 Å². The van der Waals surface area contributed by atoms with Gasteiger partial charge >= 0.3 is 0 Å². The Labute approximate surface area is 216 Å². The third-order valence-corrected chi connectivity index (χ3v) is 6.81. The fraction of sp³-hybridized carbons (Fsp3) is 0.370. The second kappa shape index (κ2) is 10.3. The van der Waals surface area contributed by atoms with Gasteiger partial charge in [0.25, 0.3) is 0 Å². The van der Waals surface area contributed by atoms with E-state index in [1.165, 1.54) is 17.3 Å². The number of nitrogens with zero attached hydrogens (tertiary/aromatic N) is 3. The second-order valence-corrected chi connectivity index (χ2v) is 10.9. The molecule has 3 aromatic rings. The van der Waals surface area contributed by atoms with Crippen molar-refractivity contribution in [3.05, 3.63) is 70.4 Å². The van der Waals surface area contributed by atoms with E-state index in [0.29, 0.717) is 40.5 Å². The summed E-state index contributed by atoms with van der Waals surface area (Å²) >= 11 is 1.53. The Kier molecular flexibility index (Phi) is 7.31. The van der Waals surface area contributed by atoms with Crippen molar-refractivity contribution in [3.8, 4) is 11.5 Å². The minimum absolute atomic E-state index is 0.101. The molecular weight excluding hydrogens is 474 g/mol. The predicted octanol–water partition coefficient (Wildman–Crippen LogP) is 5.05. The summed E-state index contributed by atoms with van der Waals surface area (Å²) in [6.07, 6.45) is 0. The number of allylic oxidation sites excluding steroid dienone is 1. The third-order valence-electron chi connectivity index (χ3n) is 6.09. The standard InChI is InChI=1S/C27H33N5O3S/c1-7-36-26-30-25-29-16(2)22(24(28)33)23(32(25)31-26)18-10-13-20(21(14-18)34-6)35-15-17-8-11-19(12-9-17)27(3,4)5/h8-14,23H,7,15H2,1-6H3,(H2,28,33)(H,29,30,31). The van der Waals surface area contributed by atoms with Crippen LogP contribution in [-0.4, -0.2) is 33.5 Å². The molecule has 0 fully saturated rings. The molecule has 0 aliphatic carbocycles. The van der Waals surface area contributed by atoms with Crippen molar-refractivity contribution in [1.29, 1.82) is 0 Å². The van der Waals surface area contributed by atoms with Crippen LogP contribution in [0.15, 0.2) is 58.9 Å². The van der Waals surface area contributed by atoms with E-state index in [0.717, 1.165) is 16.9 Å².